The number of nitrogens with one attached hydrogen (secondary N) is 1. The Hall–Kier alpha value is -3.28. The summed E-state index contributed by atoms with van der Waals surface area (Å²) < 4.78 is 19.0. The number of aromatic nitrogens is 2. The summed E-state index contributed by atoms with van der Waals surface area (Å²) in [6.45, 7) is 0. The minimum absolute atomic E-state index is 0.177. The summed E-state index contributed by atoms with van der Waals surface area (Å²) in [7, 11) is 0. The number of halogens is 1. The van der Waals surface area contributed by atoms with Gasteiger partial charge in [0.2, 0.25) is 5.91 Å². The van der Waals surface area contributed by atoms with Gasteiger partial charge in [-0.1, -0.05) is 18.2 Å². The van der Waals surface area contributed by atoms with Gasteiger partial charge in [-0.2, -0.15) is 0 Å². The Morgan fingerprint density at radius 1 is 1.00 bits per heavy atom. The molecule has 3 aromatic rings. The highest BCUT2D eigenvalue weighted by Gasteiger charge is 2.07. The highest BCUT2D eigenvalue weighted by atomic mass is 19.1. The number of hydrogen-bond acceptors (Lipinski definition) is 4. The van der Waals surface area contributed by atoms with E-state index in [-0.39, 0.29) is 24.2 Å². The Labute approximate surface area is 144 Å². The summed E-state index contributed by atoms with van der Waals surface area (Å²) in [6, 6.07) is 15.3. The van der Waals surface area contributed by atoms with Crippen molar-refractivity contribution in [1.29, 1.82) is 0 Å². The SMILES string of the molecule is O=C(CCc1ccccc1F)Nc1ccc(Oc2ncccn2)cc1. The lowest BCUT2D eigenvalue weighted by Crippen LogP contribution is -2.12. The molecule has 0 aliphatic rings. The van der Waals surface area contributed by atoms with E-state index in [0.717, 1.165) is 0 Å². The smallest absolute Gasteiger partial charge is 0.321 e. The second kappa shape index (κ2) is 8.01. The minimum Gasteiger partial charge on any atom is -0.424 e. The van der Waals surface area contributed by atoms with Crippen LogP contribution in [0.5, 0.6) is 11.8 Å². The number of amides is 1. The number of carbonyl (C=O) groups excluding carboxylic acids is 1. The van der Waals surface area contributed by atoms with Crippen molar-refractivity contribution in [2.45, 2.75) is 12.8 Å². The van der Waals surface area contributed by atoms with Crippen molar-refractivity contribution in [3.63, 3.8) is 0 Å². The molecular formula is C19H16FN3O2. The molecule has 0 bridgehead atoms. The quantitative estimate of drug-likeness (QED) is 0.739. The number of rotatable bonds is 6. The van der Waals surface area contributed by atoms with E-state index in [1.54, 1.807) is 60.9 Å². The third-order valence-corrected chi connectivity index (χ3v) is 3.47. The zero-order chi connectivity index (χ0) is 17.5. The summed E-state index contributed by atoms with van der Waals surface area (Å²) in [5.74, 6) is 0.0961. The van der Waals surface area contributed by atoms with Crippen LogP contribution in [0.15, 0.2) is 67.0 Å². The van der Waals surface area contributed by atoms with Crippen molar-refractivity contribution in [3.8, 4) is 11.8 Å². The first-order valence-electron chi connectivity index (χ1n) is 7.79. The molecule has 0 fully saturated rings. The lowest BCUT2D eigenvalue weighted by atomic mass is 10.1. The number of benzene rings is 2. The van der Waals surface area contributed by atoms with Crippen LogP contribution in [-0.2, 0) is 11.2 Å². The van der Waals surface area contributed by atoms with Gasteiger partial charge in [0.1, 0.15) is 11.6 Å². The maximum atomic E-state index is 13.5. The van der Waals surface area contributed by atoms with Gasteiger partial charge in [0.15, 0.2) is 0 Å². The van der Waals surface area contributed by atoms with E-state index in [4.69, 9.17) is 4.74 Å². The maximum Gasteiger partial charge on any atom is 0.321 e. The second-order valence-electron chi connectivity index (χ2n) is 5.30. The van der Waals surface area contributed by atoms with E-state index >= 15 is 0 Å². The van der Waals surface area contributed by atoms with Crippen molar-refractivity contribution in [1.82, 2.24) is 9.97 Å². The van der Waals surface area contributed by atoms with Gasteiger partial charge in [-0.25, -0.2) is 14.4 Å². The largest absolute Gasteiger partial charge is 0.424 e. The molecule has 1 N–H and O–H groups in total. The Morgan fingerprint density at radius 2 is 1.72 bits per heavy atom. The van der Waals surface area contributed by atoms with Crippen LogP contribution in [0.4, 0.5) is 10.1 Å². The lowest BCUT2D eigenvalue weighted by Gasteiger charge is -2.07. The maximum absolute atomic E-state index is 13.5. The van der Waals surface area contributed by atoms with E-state index < -0.39 is 0 Å². The number of anilines is 1. The van der Waals surface area contributed by atoms with Crippen LogP contribution in [0.25, 0.3) is 0 Å². The molecule has 1 amide bonds. The molecule has 126 valence electrons. The Morgan fingerprint density at radius 3 is 2.44 bits per heavy atom. The fourth-order valence-corrected chi connectivity index (χ4v) is 2.22. The van der Waals surface area contributed by atoms with Gasteiger partial charge >= 0.3 is 6.01 Å². The fraction of sp³-hybridized carbons (Fsp3) is 0.105. The number of carbonyl (C=O) groups is 1. The van der Waals surface area contributed by atoms with Crippen LogP contribution in [0.1, 0.15) is 12.0 Å². The van der Waals surface area contributed by atoms with Crippen LogP contribution < -0.4 is 10.1 Å². The Bertz CT molecular complexity index is 839. The summed E-state index contributed by atoms with van der Waals surface area (Å²) in [4.78, 5) is 19.9. The average molecular weight is 337 g/mol. The molecule has 1 heterocycles. The molecule has 5 nitrogen and oxygen atoms in total. The summed E-state index contributed by atoms with van der Waals surface area (Å²) in [5, 5.41) is 2.77. The molecule has 0 saturated carbocycles. The lowest BCUT2D eigenvalue weighted by molar-refractivity contribution is -0.116. The van der Waals surface area contributed by atoms with Gasteiger partial charge in [0.05, 0.1) is 0 Å². The van der Waals surface area contributed by atoms with Gasteiger partial charge < -0.3 is 10.1 Å². The molecule has 1 aromatic heterocycles. The molecule has 0 spiro atoms. The molecule has 25 heavy (non-hydrogen) atoms. The molecule has 0 saturated heterocycles. The molecule has 6 heteroatoms. The van der Waals surface area contributed by atoms with Gasteiger partial charge in [0.25, 0.3) is 0 Å². The fourth-order valence-electron chi connectivity index (χ4n) is 2.22. The van der Waals surface area contributed by atoms with Crippen LogP contribution in [0, 0.1) is 5.82 Å². The first kappa shape index (κ1) is 16.6. The minimum atomic E-state index is -0.292. The zero-order valence-corrected chi connectivity index (χ0v) is 13.4. The Balaban J connectivity index is 1.52. The molecule has 3 rings (SSSR count). The van der Waals surface area contributed by atoms with Crippen molar-refractivity contribution >= 4 is 11.6 Å². The van der Waals surface area contributed by atoms with Crippen LogP contribution in [0.3, 0.4) is 0 Å². The predicted molar refractivity (Wildman–Crippen MR) is 91.9 cm³/mol. The number of aryl methyl sites for hydroxylation is 1. The predicted octanol–water partition coefficient (Wildman–Crippen LogP) is 3.98. The number of nitrogens with zero attached hydrogens (tertiary/aromatic N) is 2. The van der Waals surface area contributed by atoms with Crippen molar-refractivity contribution in [2.75, 3.05) is 5.32 Å². The highest BCUT2D eigenvalue weighted by Crippen LogP contribution is 2.20. The van der Waals surface area contributed by atoms with E-state index in [1.165, 1.54) is 6.07 Å². The van der Waals surface area contributed by atoms with E-state index in [1.807, 2.05) is 0 Å². The van der Waals surface area contributed by atoms with E-state index in [0.29, 0.717) is 23.4 Å². The Kier molecular flexibility index (Phi) is 5.31. The van der Waals surface area contributed by atoms with E-state index in [2.05, 4.69) is 15.3 Å². The van der Waals surface area contributed by atoms with Gasteiger partial charge in [0, 0.05) is 24.5 Å². The van der Waals surface area contributed by atoms with Gasteiger partial charge in [-0.15, -0.1) is 0 Å². The highest BCUT2D eigenvalue weighted by molar-refractivity contribution is 5.90. The molecule has 0 unspecified atom stereocenters. The number of hydrogen-bond donors (Lipinski definition) is 1. The standard InChI is InChI=1S/C19H16FN3O2/c20-17-5-2-1-4-14(17)6-11-18(24)23-15-7-9-16(10-8-15)25-19-21-12-3-13-22-19/h1-5,7-10,12-13H,6,11H2,(H,23,24). The van der Waals surface area contributed by atoms with Gasteiger partial charge in [-0.3, -0.25) is 4.79 Å². The van der Waals surface area contributed by atoms with Crippen molar-refractivity contribution in [2.24, 2.45) is 0 Å². The van der Waals surface area contributed by atoms with Crippen molar-refractivity contribution in [3.05, 3.63) is 78.4 Å². The topological polar surface area (TPSA) is 64.1 Å². The third-order valence-electron chi connectivity index (χ3n) is 3.47. The van der Waals surface area contributed by atoms with E-state index in [9.17, 15) is 9.18 Å². The summed E-state index contributed by atoms with van der Waals surface area (Å²) in [5.41, 5.74) is 1.17. The number of ether oxygens (including phenoxy) is 1. The zero-order valence-electron chi connectivity index (χ0n) is 13.4. The monoisotopic (exact) mass is 337 g/mol. The molecular weight excluding hydrogens is 321 g/mol. The van der Waals surface area contributed by atoms with Crippen LogP contribution in [-0.4, -0.2) is 15.9 Å². The molecule has 2 aromatic carbocycles. The molecule has 0 aliphatic heterocycles. The van der Waals surface area contributed by atoms with Gasteiger partial charge in [-0.05, 0) is 48.4 Å². The summed E-state index contributed by atoms with van der Waals surface area (Å²) >= 11 is 0. The van der Waals surface area contributed by atoms with Crippen molar-refractivity contribution < 1.29 is 13.9 Å². The molecule has 0 aliphatic carbocycles. The average Bonchev–Trinajstić information content (AvgIpc) is 2.64. The third kappa shape index (κ3) is 4.84. The first-order chi connectivity index (χ1) is 12.2. The first-order valence-corrected chi connectivity index (χ1v) is 7.79. The van der Waals surface area contributed by atoms with Crippen LogP contribution in [0.2, 0.25) is 0 Å². The summed E-state index contributed by atoms with van der Waals surface area (Å²) in [6.07, 6.45) is 3.74. The molecule has 0 atom stereocenters. The normalized spacial score (nSPS) is 10.3. The second-order valence-corrected chi connectivity index (χ2v) is 5.30. The van der Waals surface area contributed by atoms with Crippen LogP contribution >= 0.6 is 0 Å². The molecule has 0 radical (unpaired) electrons.